The molecule has 8 heteroatoms. The van der Waals surface area contributed by atoms with Crippen LogP contribution in [0.15, 0.2) is 0 Å². The highest BCUT2D eigenvalue weighted by Gasteiger charge is 2.26. The van der Waals surface area contributed by atoms with Crippen molar-refractivity contribution in [1.82, 2.24) is 10.2 Å². The third-order valence-electron chi connectivity index (χ3n) is 2.92. The average molecular weight is 289 g/mol. The van der Waals surface area contributed by atoms with Gasteiger partial charge in [0.2, 0.25) is 5.91 Å². The number of nitrogens with zero attached hydrogens (tertiary/aromatic N) is 1. The number of carbonyl (C=O) groups is 3. The fourth-order valence-electron chi connectivity index (χ4n) is 1.57. The number of carboxylic acids is 1. The van der Waals surface area contributed by atoms with Crippen LogP contribution in [0.1, 0.15) is 26.7 Å². The van der Waals surface area contributed by atoms with Crippen LogP contribution in [0.3, 0.4) is 0 Å². The zero-order valence-electron chi connectivity index (χ0n) is 12.1. The van der Waals surface area contributed by atoms with Crippen LogP contribution in [0.4, 0.5) is 4.79 Å². The number of nitrogens with one attached hydrogen (secondary N) is 1. The number of amides is 3. The number of nitrogens with two attached hydrogens (primary N) is 1. The Morgan fingerprint density at radius 3 is 2.40 bits per heavy atom. The molecule has 0 aromatic rings. The number of primary amides is 1. The molecule has 0 heterocycles. The molecule has 3 amide bonds. The molecular weight excluding hydrogens is 266 g/mol. The minimum Gasteiger partial charge on any atom is -0.480 e. The lowest BCUT2D eigenvalue weighted by Crippen LogP contribution is -2.52. The van der Waals surface area contributed by atoms with E-state index in [1.165, 1.54) is 12.0 Å². The van der Waals surface area contributed by atoms with Crippen LogP contribution >= 0.6 is 0 Å². The Bertz CT molecular complexity index is 348. The van der Waals surface area contributed by atoms with Gasteiger partial charge in [-0.3, -0.25) is 4.79 Å². The molecule has 0 aromatic carbocycles. The van der Waals surface area contributed by atoms with Crippen molar-refractivity contribution in [3.05, 3.63) is 0 Å². The van der Waals surface area contributed by atoms with Gasteiger partial charge in [-0.1, -0.05) is 6.92 Å². The summed E-state index contributed by atoms with van der Waals surface area (Å²) in [7, 11) is 1.51. The van der Waals surface area contributed by atoms with Gasteiger partial charge in [-0.05, 0) is 13.3 Å². The van der Waals surface area contributed by atoms with Gasteiger partial charge in [0.1, 0.15) is 6.04 Å². The van der Waals surface area contributed by atoms with Gasteiger partial charge in [-0.2, -0.15) is 0 Å². The van der Waals surface area contributed by atoms with Gasteiger partial charge in [0.25, 0.3) is 0 Å². The monoisotopic (exact) mass is 289 g/mol. The summed E-state index contributed by atoms with van der Waals surface area (Å²) in [4.78, 5) is 35.3. The topological polar surface area (TPSA) is 122 Å². The maximum Gasteiger partial charge on any atom is 0.326 e. The molecule has 1 unspecified atom stereocenters. The highest BCUT2D eigenvalue weighted by Crippen LogP contribution is 2.05. The Balaban J connectivity index is 4.77. The Hall–Kier alpha value is -1.83. The molecule has 0 radical (unpaired) electrons. The largest absolute Gasteiger partial charge is 0.480 e. The first kappa shape index (κ1) is 18.2. The minimum atomic E-state index is -1.32. The number of methoxy groups -OCH3 is 1. The molecule has 0 saturated carbocycles. The Labute approximate surface area is 118 Å². The van der Waals surface area contributed by atoms with E-state index in [0.717, 1.165) is 0 Å². The second-order valence-corrected chi connectivity index (χ2v) is 4.45. The fourth-order valence-corrected chi connectivity index (χ4v) is 1.57. The van der Waals surface area contributed by atoms with Crippen molar-refractivity contribution < 1.29 is 24.2 Å². The molecule has 0 fully saturated rings. The average Bonchev–Trinajstić information content (AvgIpc) is 2.37. The molecule has 4 N–H and O–H groups in total. The van der Waals surface area contributed by atoms with Gasteiger partial charge < -0.3 is 25.8 Å². The summed E-state index contributed by atoms with van der Waals surface area (Å²) in [5.41, 5.74) is 4.96. The molecule has 0 rings (SSSR count). The van der Waals surface area contributed by atoms with Crippen molar-refractivity contribution in [3.8, 4) is 0 Å². The number of ether oxygens (including phenoxy) is 1. The smallest absolute Gasteiger partial charge is 0.326 e. The normalized spacial score (nSPS) is 13.3. The number of aliphatic carboxylic acids is 1. The van der Waals surface area contributed by atoms with Gasteiger partial charge >= 0.3 is 12.0 Å². The number of carbonyl (C=O) groups excluding carboxylic acids is 2. The van der Waals surface area contributed by atoms with E-state index < -0.39 is 30.4 Å². The standard InChI is InChI=1S/C12H23N3O5/c1-4-8(2)15(5-6-20-3)12(19)14-9(11(17)18)7-10(13)16/h8-9H,4-7H2,1-3H3,(H2,13,16)(H,14,19)(H,17,18)/t8?,9-/m0/s1. The molecule has 0 aliphatic heterocycles. The quantitative estimate of drug-likeness (QED) is 0.541. The lowest BCUT2D eigenvalue weighted by Gasteiger charge is -2.29. The summed E-state index contributed by atoms with van der Waals surface area (Å²) in [5, 5.41) is 11.3. The molecule has 2 atom stereocenters. The zero-order chi connectivity index (χ0) is 15.7. The van der Waals surface area contributed by atoms with Crippen molar-refractivity contribution in [2.45, 2.75) is 38.8 Å². The summed E-state index contributed by atoms with van der Waals surface area (Å²) >= 11 is 0. The summed E-state index contributed by atoms with van der Waals surface area (Å²) < 4.78 is 4.92. The van der Waals surface area contributed by atoms with Crippen molar-refractivity contribution in [2.24, 2.45) is 5.73 Å². The highest BCUT2D eigenvalue weighted by molar-refractivity contribution is 5.87. The molecule has 0 saturated heterocycles. The molecular formula is C12H23N3O5. The second kappa shape index (κ2) is 9.13. The summed E-state index contributed by atoms with van der Waals surface area (Å²) in [5.74, 6) is -2.09. The van der Waals surface area contributed by atoms with Crippen LogP contribution in [0.2, 0.25) is 0 Å². The number of rotatable bonds is 9. The lowest BCUT2D eigenvalue weighted by atomic mass is 10.2. The van der Waals surface area contributed by atoms with E-state index in [0.29, 0.717) is 19.6 Å². The van der Waals surface area contributed by atoms with Gasteiger partial charge in [0.05, 0.1) is 13.0 Å². The molecule has 0 bridgehead atoms. The Morgan fingerprint density at radius 2 is 2.00 bits per heavy atom. The molecule has 0 aromatic heterocycles. The van der Waals surface area contributed by atoms with Crippen LogP contribution < -0.4 is 11.1 Å². The first-order valence-electron chi connectivity index (χ1n) is 6.40. The molecule has 0 aliphatic carbocycles. The first-order chi connectivity index (χ1) is 9.33. The van der Waals surface area contributed by atoms with E-state index in [-0.39, 0.29) is 6.04 Å². The highest BCUT2D eigenvalue weighted by atomic mass is 16.5. The van der Waals surface area contributed by atoms with E-state index in [2.05, 4.69) is 5.32 Å². The molecule has 8 nitrogen and oxygen atoms in total. The first-order valence-corrected chi connectivity index (χ1v) is 6.40. The van der Waals surface area contributed by atoms with Gasteiger partial charge in [-0.15, -0.1) is 0 Å². The van der Waals surface area contributed by atoms with Crippen LogP contribution in [0.25, 0.3) is 0 Å². The van der Waals surface area contributed by atoms with Gasteiger partial charge in [-0.25, -0.2) is 9.59 Å². The van der Waals surface area contributed by atoms with Crippen LogP contribution in [-0.2, 0) is 14.3 Å². The third kappa shape index (κ3) is 6.37. The minimum absolute atomic E-state index is 0.0758. The molecule has 116 valence electrons. The second-order valence-electron chi connectivity index (χ2n) is 4.45. The number of hydrogen-bond donors (Lipinski definition) is 3. The number of carboxylic acid groups (broad SMARTS) is 1. The fraction of sp³-hybridized carbons (Fsp3) is 0.750. The molecule has 0 aliphatic rings. The van der Waals surface area contributed by atoms with Crippen LogP contribution in [0, 0.1) is 0 Å². The summed E-state index contributed by atoms with van der Waals surface area (Å²) in [6.45, 7) is 4.43. The number of urea groups is 1. The summed E-state index contributed by atoms with van der Waals surface area (Å²) in [6.07, 6.45) is 0.268. The maximum absolute atomic E-state index is 12.1. The maximum atomic E-state index is 12.1. The Kier molecular flexibility index (Phi) is 8.30. The van der Waals surface area contributed by atoms with Crippen LogP contribution in [-0.4, -0.2) is 60.3 Å². The zero-order valence-corrected chi connectivity index (χ0v) is 12.1. The van der Waals surface area contributed by atoms with Gasteiger partial charge in [0.15, 0.2) is 0 Å². The number of hydrogen-bond acceptors (Lipinski definition) is 4. The van der Waals surface area contributed by atoms with Crippen molar-refractivity contribution in [2.75, 3.05) is 20.3 Å². The molecule has 0 spiro atoms. The predicted octanol–water partition coefficient (Wildman–Crippen LogP) is -0.228. The predicted molar refractivity (Wildman–Crippen MR) is 72.1 cm³/mol. The van der Waals surface area contributed by atoms with Crippen LogP contribution in [0.5, 0.6) is 0 Å². The van der Waals surface area contributed by atoms with Gasteiger partial charge in [0, 0.05) is 19.7 Å². The van der Waals surface area contributed by atoms with E-state index in [4.69, 9.17) is 15.6 Å². The van der Waals surface area contributed by atoms with E-state index in [9.17, 15) is 14.4 Å². The molecule has 20 heavy (non-hydrogen) atoms. The van der Waals surface area contributed by atoms with E-state index in [1.807, 2.05) is 13.8 Å². The Morgan fingerprint density at radius 1 is 1.40 bits per heavy atom. The van der Waals surface area contributed by atoms with E-state index >= 15 is 0 Å². The SMILES string of the molecule is CCC(C)N(CCOC)C(=O)N[C@@H](CC(N)=O)C(=O)O. The van der Waals surface area contributed by atoms with Crippen molar-refractivity contribution in [1.29, 1.82) is 0 Å². The van der Waals surface area contributed by atoms with Crippen molar-refractivity contribution in [3.63, 3.8) is 0 Å². The van der Waals surface area contributed by atoms with Crippen molar-refractivity contribution >= 4 is 17.9 Å². The lowest BCUT2D eigenvalue weighted by molar-refractivity contribution is -0.141. The summed E-state index contributed by atoms with van der Waals surface area (Å²) in [6, 6.07) is -1.95. The van der Waals surface area contributed by atoms with E-state index in [1.54, 1.807) is 0 Å². The third-order valence-corrected chi connectivity index (χ3v) is 2.92.